The Morgan fingerprint density at radius 1 is 1.60 bits per heavy atom. The minimum Gasteiger partial charge on any atom is -0.387 e. The zero-order valence-corrected chi connectivity index (χ0v) is 12.1. The second-order valence-corrected chi connectivity index (χ2v) is 6.36. The van der Waals surface area contributed by atoms with Gasteiger partial charge in [0.2, 0.25) is 5.91 Å². The highest BCUT2D eigenvalue weighted by Gasteiger charge is 2.35. The Morgan fingerprint density at radius 3 is 3.10 bits per heavy atom. The van der Waals surface area contributed by atoms with Crippen LogP contribution < -0.4 is 5.32 Å². The van der Waals surface area contributed by atoms with Gasteiger partial charge in [0, 0.05) is 30.9 Å². The van der Waals surface area contributed by atoms with E-state index in [1.165, 1.54) is 0 Å². The summed E-state index contributed by atoms with van der Waals surface area (Å²) in [6, 6.07) is 3.85. The number of amides is 1. The number of ether oxygens (including phenoxy) is 1. The van der Waals surface area contributed by atoms with Gasteiger partial charge in [-0.05, 0) is 11.4 Å². The van der Waals surface area contributed by atoms with Crippen LogP contribution in [0.1, 0.15) is 17.4 Å². The van der Waals surface area contributed by atoms with Gasteiger partial charge in [-0.3, -0.25) is 4.79 Å². The van der Waals surface area contributed by atoms with Crippen molar-refractivity contribution in [2.24, 2.45) is 5.92 Å². The van der Waals surface area contributed by atoms with Gasteiger partial charge in [0.05, 0.1) is 31.3 Å². The molecule has 0 saturated carbocycles. The van der Waals surface area contributed by atoms with Crippen molar-refractivity contribution in [2.45, 2.75) is 18.6 Å². The van der Waals surface area contributed by atoms with Crippen LogP contribution in [0.2, 0.25) is 0 Å². The predicted octanol–water partition coefficient (Wildman–Crippen LogP) is 0.618. The third-order valence-corrected chi connectivity index (χ3v) is 4.98. The van der Waals surface area contributed by atoms with E-state index in [-0.39, 0.29) is 17.9 Å². The highest BCUT2D eigenvalue weighted by Crippen LogP contribution is 2.26. The summed E-state index contributed by atoms with van der Waals surface area (Å²) in [6.45, 7) is 3.30. The molecule has 0 aliphatic carbocycles. The molecule has 6 heteroatoms. The fraction of sp³-hybridized carbons (Fsp3) is 0.643. The summed E-state index contributed by atoms with van der Waals surface area (Å²) < 4.78 is 5.49. The van der Waals surface area contributed by atoms with Gasteiger partial charge in [-0.15, -0.1) is 11.3 Å². The first-order valence-electron chi connectivity index (χ1n) is 7.06. The van der Waals surface area contributed by atoms with E-state index in [9.17, 15) is 9.90 Å². The number of hydrogen-bond acceptors (Lipinski definition) is 5. The normalized spacial score (nSPS) is 25.2. The number of thiophene rings is 1. The summed E-state index contributed by atoms with van der Waals surface area (Å²) in [5.74, 6) is 0.310. The number of aliphatic hydroxyl groups is 1. The molecule has 1 aromatic rings. The molecule has 3 heterocycles. The molecule has 110 valence electrons. The van der Waals surface area contributed by atoms with E-state index < -0.39 is 6.10 Å². The number of carbonyl (C=O) groups is 1. The minimum absolute atomic E-state index is 0.0195. The van der Waals surface area contributed by atoms with Gasteiger partial charge in [-0.1, -0.05) is 6.07 Å². The Hall–Kier alpha value is -0.950. The first kappa shape index (κ1) is 14.0. The van der Waals surface area contributed by atoms with Crippen molar-refractivity contribution in [2.75, 3.05) is 32.8 Å². The quantitative estimate of drug-likeness (QED) is 0.855. The Morgan fingerprint density at radius 2 is 2.45 bits per heavy atom. The smallest absolute Gasteiger partial charge is 0.228 e. The molecule has 5 nitrogen and oxygen atoms in total. The standard InChI is InChI=1S/C14H20N2O3S/c17-12(13-2-1-5-20-13)6-11-9-19-4-3-16(11)14(18)10-7-15-8-10/h1-2,5,10-12,15,17H,3-4,6-9H2. The molecule has 0 spiro atoms. The number of morpholine rings is 1. The van der Waals surface area contributed by atoms with E-state index in [2.05, 4.69) is 5.32 Å². The van der Waals surface area contributed by atoms with E-state index in [0.717, 1.165) is 18.0 Å². The maximum atomic E-state index is 12.4. The molecule has 2 N–H and O–H groups in total. The lowest BCUT2D eigenvalue weighted by Crippen LogP contribution is -2.57. The average molecular weight is 296 g/mol. The Labute approximate surface area is 122 Å². The fourth-order valence-corrected chi connectivity index (χ4v) is 3.42. The van der Waals surface area contributed by atoms with Gasteiger partial charge in [0.15, 0.2) is 0 Å². The van der Waals surface area contributed by atoms with Gasteiger partial charge < -0.3 is 20.1 Å². The lowest BCUT2D eigenvalue weighted by molar-refractivity contribution is -0.147. The monoisotopic (exact) mass is 296 g/mol. The predicted molar refractivity (Wildman–Crippen MR) is 76.6 cm³/mol. The third kappa shape index (κ3) is 2.88. The summed E-state index contributed by atoms with van der Waals surface area (Å²) in [7, 11) is 0. The van der Waals surface area contributed by atoms with Crippen LogP contribution in [0.15, 0.2) is 17.5 Å². The summed E-state index contributed by atoms with van der Waals surface area (Å²) in [5.41, 5.74) is 0. The van der Waals surface area contributed by atoms with Crippen molar-refractivity contribution in [3.05, 3.63) is 22.4 Å². The van der Waals surface area contributed by atoms with Crippen LogP contribution in [0, 0.1) is 5.92 Å². The molecule has 2 saturated heterocycles. The summed E-state index contributed by atoms with van der Waals surface area (Å²) >= 11 is 1.55. The zero-order chi connectivity index (χ0) is 13.9. The molecule has 1 aromatic heterocycles. The molecule has 20 heavy (non-hydrogen) atoms. The van der Waals surface area contributed by atoms with Crippen LogP contribution in [-0.4, -0.2) is 54.8 Å². The summed E-state index contributed by atoms with van der Waals surface area (Å²) in [6.07, 6.45) is 0.0309. The van der Waals surface area contributed by atoms with Crippen molar-refractivity contribution < 1.29 is 14.6 Å². The van der Waals surface area contributed by atoms with Crippen molar-refractivity contribution >= 4 is 17.2 Å². The third-order valence-electron chi connectivity index (χ3n) is 4.01. The van der Waals surface area contributed by atoms with Crippen LogP contribution in [0.4, 0.5) is 0 Å². The van der Waals surface area contributed by atoms with Crippen molar-refractivity contribution in [1.29, 1.82) is 0 Å². The molecule has 2 aliphatic rings. The molecular formula is C14H20N2O3S. The first-order chi connectivity index (χ1) is 9.75. The second kappa shape index (κ2) is 6.22. The molecular weight excluding hydrogens is 276 g/mol. The van der Waals surface area contributed by atoms with Gasteiger partial charge in [-0.25, -0.2) is 0 Å². The van der Waals surface area contributed by atoms with Crippen LogP contribution in [0.5, 0.6) is 0 Å². The van der Waals surface area contributed by atoms with Crippen molar-refractivity contribution in [3.8, 4) is 0 Å². The van der Waals surface area contributed by atoms with Gasteiger partial charge in [-0.2, -0.15) is 0 Å². The number of hydrogen-bond donors (Lipinski definition) is 2. The molecule has 0 aromatic carbocycles. The van der Waals surface area contributed by atoms with E-state index in [4.69, 9.17) is 4.74 Å². The van der Waals surface area contributed by atoms with E-state index >= 15 is 0 Å². The highest BCUT2D eigenvalue weighted by atomic mass is 32.1. The number of aliphatic hydroxyl groups excluding tert-OH is 1. The molecule has 0 radical (unpaired) electrons. The van der Waals surface area contributed by atoms with E-state index in [0.29, 0.717) is 26.2 Å². The molecule has 3 rings (SSSR count). The largest absolute Gasteiger partial charge is 0.387 e. The number of nitrogens with zero attached hydrogens (tertiary/aromatic N) is 1. The van der Waals surface area contributed by atoms with Gasteiger partial charge in [0.25, 0.3) is 0 Å². The summed E-state index contributed by atoms with van der Waals surface area (Å²) in [5, 5.41) is 15.4. The Kier molecular flexibility index (Phi) is 4.35. The SMILES string of the molecule is O=C(C1CNC1)N1CCOCC1CC(O)c1cccs1. The molecule has 2 unspecified atom stereocenters. The molecule has 2 atom stereocenters. The van der Waals surface area contributed by atoms with Gasteiger partial charge in [0.1, 0.15) is 0 Å². The molecule has 0 bridgehead atoms. The van der Waals surface area contributed by atoms with E-state index in [1.807, 2.05) is 22.4 Å². The van der Waals surface area contributed by atoms with Crippen LogP contribution >= 0.6 is 11.3 Å². The molecule has 2 aliphatic heterocycles. The zero-order valence-electron chi connectivity index (χ0n) is 11.3. The maximum absolute atomic E-state index is 12.4. The topological polar surface area (TPSA) is 61.8 Å². The van der Waals surface area contributed by atoms with Crippen LogP contribution in [-0.2, 0) is 9.53 Å². The number of carbonyl (C=O) groups excluding carboxylic acids is 1. The Bertz CT molecular complexity index is 447. The highest BCUT2D eigenvalue weighted by molar-refractivity contribution is 7.10. The summed E-state index contributed by atoms with van der Waals surface area (Å²) in [4.78, 5) is 15.3. The fourth-order valence-electron chi connectivity index (χ4n) is 2.69. The van der Waals surface area contributed by atoms with Gasteiger partial charge >= 0.3 is 0 Å². The minimum atomic E-state index is -0.517. The number of nitrogens with one attached hydrogen (secondary N) is 1. The van der Waals surface area contributed by atoms with Crippen LogP contribution in [0.3, 0.4) is 0 Å². The number of rotatable bonds is 4. The second-order valence-electron chi connectivity index (χ2n) is 5.38. The maximum Gasteiger partial charge on any atom is 0.228 e. The lowest BCUT2D eigenvalue weighted by atomic mass is 9.98. The molecule has 2 fully saturated rings. The lowest BCUT2D eigenvalue weighted by Gasteiger charge is -2.40. The van der Waals surface area contributed by atoms with Crippen molar-refractivity contribution in [1.82, 2.24) is 10.2 Å². The Balaban J connectivity index is 1.64. The van der Waals surface area contributed by atoms with Crippen LogP contribution in [0.25, 0.3) is 0 Å². The molecule has 1 amide bonds. The van der Waals surface area contributed by atoms with E-state index in [1.54, 1.807) is 11.3 Å². The van der Waals surface area contributed by atoms with Crippen molar-refractivity contribution in [3.63, 3.8) is 0 Å². The average Bonchev–Trinajstić information content (AvgIpc) is 2.91. The first-order valence-corrected chi connectivity index (χ1v) is 7.94.